The number of benzene rings is 3. The van der Waals surface area contributed by atoms with Crippen LogP contribution in [-0.4, -0.2) is 107 Å². The van der Waals surface area contributed by atoms with Crippen molar-refractivity contribution < 1.29 is 21.8 Å². The number of alkyl halides is 1. The van der Waals surface area contributed by atoms with Crippen molar-refractivity contribution in [2.75, 3.05) is 81.1 Å². The fourth-order valence-electron chi connectivity index (χ4n) is 9.38. The molecule has 4 aliphatic rings. The Morgan fingerprint density at radius 2 is 1.83 bits per heavy atom. The Kier molecular flexibility index (Phi) is 10.1. The number of phenols is 1. The third kappa shape index (κ3) is 7.86. The second kappa shape index (κ2) is 16.3. The van der Waals surface area contributed by atoms with Crippen LogP contribution in [0.5, 0.6) is 5.75 Å². The van der Waals surface area contributed by atoms with Crippen molar-refractivity contribution in [2.24, 2.45) is 0 Å². The van der Waals surface area contributed by atoms with E-state index in [1.165, 1.54) is 0 Å². The van der Waals surface area contributed by atoms with Gasteiger partial charge in [-0.25, -0.2) is 4.39 Å². The molecule has 4 aliphatic heterocycles. The van der Waals surface area contributed by atoms with Gasteiger partial charge in [-0.2, -0.15) is 0 Å². The minimum absolute atomic E-state index is 0.0811. The average molecular weight is 802 g/mol. The van der Waals surface area contributed by atoms with Crippen molar-refractivity contribution in [2.45, 2.75) is 57.3 Å². The maximum absolute atomic E-state index is 16.4. The largest absolute Gasteiger partial charge is 0.507 e. The number of aryl methyl sites for hydroxylation is 2. The molecule has 0 spiro atoms. The lowest BCUT2D eigenvalue weighted by Crippen LogP contribution is -2.51. The van der Waals surface area contributed by atoms with Crippen LogP contribution in [0.4, 0.5) is 21.6 Å². The number of nitrogens with one attached hydrogen (secondary N) is 1. The Labute approximate surface area is 347 Å². The van der Waals surface area contributed by atoms with Gasteiger partial charge in [0.15, 0.2) is 5.82 Å². The van der Waals surface area contributed by atoms with Crippen LogP contribution in [-0.2, 0) is 4.74 Å². The Morgan fingerprint density at radius 1 is 1.02 bits per heavy atom. The van der Waals surface area contributed by atoms with Gasteiger partial charge in [-0.3, -0.25) is 10.1 Å². The lowest BCUT2D eigenvalue weighted by molar-refractivity contribution is 0.0158. The van der Waals surface area contributed by atoms with Gasteiger partial charge in [0.05, 0.1) is 26.0 Å². The molecule has 9 rings (SSSR count). The van der Waals surface area contributed by atoms with Gasteiger partial charge in [-0.05, 0) is 91.9 Å². The number of fused-ring (bicyclic) bond motifs is 1. The van der Waals surface area contributed by atoms with E-state index in [0.717, 1.165) is 64.9 Å². The highest BCUT2D eigenvalue weighted by molar-refractivity contribution is 5.94. The second-order valence-corrected chi connectivity index (χ2v) is 16.4. The first-order chi connectivity index (χ1) is 29.4. The SMILES string of the molecule is [2H]C1C=CN(c2ccc3c(ccn3C3CCN(CC4(F)CCN(C(=O)c5ccc(C6CN(c7cc(-c8ccccc8O)nnc7N)CCO6)c(C)c5)CC4)CC3)c2C)[C@@H]([2H])N1. The molecular formula is C46H54FN9O3. The number of carbonyl (C=O) groups excluding carboxylic acids is 1. The number of ether oxygens (including phenoxy) is 1. The fraction of sp³-hybridized carbons (Fsp3) is 0.413. The number of anilines is 3. The number of hydrogen-bond donors (Lipinski definition) is 3. The van der Waals surface area contributed by atoms with Crippen LogP contribution >= 0.6 is 0 Å². The van der Waals surface area contributed by atoms with Crippen LogP contribution in [0.1, 0.15) is 67.6 Å². The van der Waals surface area contributed by atoms with Gasteiger partial charge < -0.3 is 39.7 Å². The minimum Gasteiger partial charge on any atom is -0.507 e. The number of carbonyl (C=O) groups is 1. The van der Waals surface area contributed by atoms with Gasteiger partial charge in [-0.15, -0.1) is 10.2 Å². The molecule has 308 valence electrons. The molecule has 6 heterocycles. The maximum Gasteiger partial charge on any atom is 0.253 e. The average Bonchev–Trinajstić information content (AvgIpc) is 3.70. The van der Waals surface area contributed by atoms with Gasteiger partial charge in [0, 0.05) is 113 Å². The predicted molar refractivity (Wildman–Crippen MR) is 230 cm³/mol. The Bertz CT molecular complexity index is 2450. The quantitative estimate of drug-likeness (QED) is 0.155. The van der Waals surface area contributed by atoms with Crippen LogP contribution in [0.3, 0.4) is 0 Å². The zero-order valence-electron chi connectivity index (χ0n) is 35.7. The van der Waals surface area contributed by atoms with E-state index in [1.807, 2.05) is 48.4 Å². The molecule has 3 aromatic carbocycles. The number of para-hydroxylation sites is 1. The zero-order chi connectivity index (χ0) is 42.4. The number of morpholine rings is 1. The highest BCUT2D eigenvalue weighted by Crippen LogP contribution is 2.37. The van der Waals surface area contributed by atoms with Crippen LogP contribution in [0.2, 0.25) is 0 Å². The molecule has 0 saturated carbocycles. The number of likely N-dealkylation sites (tertiary alicyclic amines) is 2. The normalized spacial score (nSPS) is 23.4. The molecule has 1 amide bonds. The van der Waals surface area contributed by atoms with Gasteiger partial charge >= 0.3 is 0 Å². The number of amides is 1. The van der Waals surface area contributed by atoms with Gasteiger partial charge in [-0.1, -0.05) is 24.3 Å². The van der Waals surface area contributed by atoms with E-state index in [9.17, 15) is 9.90 Å². The highest BCUT2D eigenvalue weighted by Gasteiger charge is 2.39. The molecule has 3 atom stereocenters. The molecule has 2 unspecified atom stereocenters. The Morgan fingerprint density at radius 3 is 2.61 bits per heavy atom. The third-order valence-corrected chi connectivity index (χ3v) is 12.7. The standard InChI is InChI=1S/C46H54FN9O3/c1-31-26-33(8-9-35(31)43-28-54(24-25-59-43)41-27-38(50-51-44(41)48)37-6-3-4-7-42(37)57)45(58)53-22-15-46(47,16-23-53)29-52-19-12-34(13-20-52)56-21-14-36-32(2)39(10-11-40(36)56)55-18-5-17-49-30-55/h3-11,14,18,21,26-27,34,43,49,57H,12-13,15-17,19-20,22-25,28-30H2,1-2H3,(H2,48,51)/i17D,30D/t17?,30-,43?/m0/s1. The number of nitrogen functional groups attached to an aromatic ring is 1. The number of nitrogens with two attached hydrogens (primary N) is 1. The molecule has 13 heteroatoms. The smallest absolute Gasteiger partial charge is 0.253 e. The summed E-state index contributed by atoms with van der Waals surface area (Å²) < 4.78 is 41.3. The molecule has 0 radical (unpaired) electrons. The van der Waals surface area contributed by atoms with Crippen LogP contribution in [0.25, 0.3) is 22.2 Å². The van der Waals surface area contributed by atoms with Crippen molar-refractivity contribution >= 4 is 34.0 Å². The molecule has 12 nitrogen and oxygen atoms in total. The van der Waals surface area contributed by atoms with E-state index >= 15 is 4.39 Å². The number of nitrogens with zero attached hydrogens (tertiary/aromatic N) is 7. The van der Waals surface area contributed by atoms with Crippen molar-refractivity contribution in [3.8, 4) is 17.0 Å². The molecular weight excluding hydrogens is 746 g/mol. The van der Waals surface area contributed by atoms with Crippen molar-refractivity contribution in [3.63, 3.8) is 0 Å². The number of halogens is 1. The summed E-state index contributed by atoms with van der Waals surface area (Å²) in [5.74, 6) is 0.334. The summed E-state index contributed by atoms with van der Waals surface area (Å²) in [4.78, 5) is 21.8. The fourth-order valence-corrected chi connectivity index (χ4v) is 9.38. The first-order valence-corrected chi connectivity index (χ1v) is 20.7. The van der Waals surface area contributed by atoms with E-state index in [4.69, 9.17) is 13.2 Å². The van der Waals surface area contributed by atoms with Gasteiger partial charge in [0.2, 0.25) is 0 Å². The zero-order valence-corrected chi connectivity index (χ0v) is 33.7. The second-order valence-electron chi connectivity index (χ2n) is 16.4. The summed E-state index contributed by atoms with van der Waals surface area (Å²) in [6.07, 6.45) is 7.96. The molecule has 3 saturated heterocycles. The summed E-state index contributed by atoms with van der Waals surface area (Å²) in [6.45, 7) is 7.15. The molecule has 5 aromatic rings. The van der Waals surface area contributed by atoms with Crippen molar-refractivity contribution in [1.82, 2.24) is 29.9 Å². The molecule has 0 bridgehead atoms. The van der Waals surface area contributed by atoms with E-state index in [-0.39, 0.29) is 17.8 Å². The van der Waals surface area contributed by atoms with Gasteiger partial charge in [0.1, 0.15) is 17.5 Å². The monoisotopic (exact) mass is 801 g/mol. The summed E-state index contributed by atoms with van der Waals surface area (Å²) >= 11 is 0. The molecule has 4 N–H and O–H groups in total. The lowest BCUT2D eigenvalue weighted by atomic mass is 9.91. The maximum atomic E-state index is 16.4. The van der Waals surface area contributed by atoms with E-state index in [0.29, 0.717) is 80.9 Å². The number of rotatable bonds is 8. The predicted octanol–water partition coefficient (Wildman–Crippen LogP) is 6.74. The van der Waals surface area contributed by atoms with Crippen LogP contribution in [0.15, 0.2) is 85.2 Å². The number of piperidine rings is 2. The molecule has 2 aromatic heterocycles. The van der Waals surface area contributed by atoms with Crippen LogP contribution in [0, 0.1) is 13.8 Å². The molecule has 0 aliphatic carbocycles. The first-order valence-electron chi connectivity index (χ1n) is 21.9. The number of aromatic hydroxyl groups is 1. The summed E-state index contributed by atoms with van der Waals surface area (Å²) in [5, 5.41) is 22.9. The minimum atomic E-state index is -1.34. The molecule has 59 heavy (non-hydrogen) atoms. The van der Waals surface area contributed by atoms with Gasteiger partial charge in [0.25, 0.3) is 5.91 Å². The highest BCUT2D eigenvalue weighted by atomic mass is 19.1. The number of phenolic OH excluding ortho intramolecular Hbond substituents is 1. The topological polar surface area (TPSA) is 128 Å². The van der Waals surface area contributed by atoms with Crippen LogP contribution < -0.4 is 20.9 Å². The first kappa shape index (κ1) is 36.6. The van der Waals surface area contributed by atoms with E-state index in [1.54, 1.807) is 29.2 Å². The number of aromatic nitrogens is 3. The van der Waals surface area contributed by atoms with E-state index in [2.05, 4.69) is 61.2 Å². The summed E-state index contributed by atoms with van der Waals surface area (Å²) in [5.41, 5.74) is 12.5. The molecule has 3 fully saturated rings. The van der Waals surface area contributed by atoms with Crippen molar-refractivity contribution in [1.29, 1.82) is 0 Å². The van der Waals surface area contributed by atoms with E-state index < -0.39 is 18.8 Å². The lowest BCUT2D eigenvalue weighted by Gasteiger charge is -2.41. The Hall–Kier alpha value is -5.50. The number of hydrogen-bond acceptors (Lipinski definition) is 10. The third-order valence-electron chi connectivity index (χ3n) is 12.7. The van der Waals surface area contributed by atoms with Crippen molar-refractivity contribution in [3.05, 3.63) is 107 Å². The Balaban J connectivity index is 0.781. The summed E-state index contributed by atoms with van der Waals surface area (Å²) in [7, 11) is 0. The summed E-state index contributed by atoms with van der Waals surface area (Å²) in [6, 6.07) is 21.3.